The zero-order valence-electron chi connectivity index (χ0n) is 20.3. The second-order valence-electron chi connectivity index (χ2n) is 8.94. The van der Waals surface area contributed by atoms with Crippen LogP contribution in [0.25, 0.3) is 0 Å². The van der Waals surface area contributed by atoms with Gasteiger partial charge in [-0.25, -0.2) is 9.59 Å². The first-order valence-electron chi connectivity index (χ1n) is 11.4. The van der Waals surface area contributed by atoms with Crippen molar-refractivity contribution in [3.8, 4) is 11.5 Å². The van der Waals surface area contributed by atoms with E-state index in [4.69, 9.17) is 19.3 Å². The summed E-state index contributed by atoms with van der Waals surface area (Å²) in [6.45, 7) is 8.53. The van der Waals surface area contributed by atoms with E-state index in [0.29, 0.717) is 36.1 Å². The number of carbonyl (C=O) groups excluding carboxylic acids is 2. The second kappa shape index (κ2) is 13.9. The summed E-state index contributed by atoms with van der Waals surface area (Å²) in [5.74, 6) is -2.61. The molecule has 2 rings (SSSR count). The molecule has 0 saturated heterocycles. The Kier molecular flexibility index (Phi) is 12.0. The molecule has 34 heavy (non-hydrogen) atoms. The van der Waals surface area contributed by atoms with Gasteiger partial charge in [-0.2, -0.15) is 5.06 Å². The van der Waals surface area contributed by atoms with Crippen molar-refractivity contribution in [3.05, 3.63) is 23.8 Å². The third-order valence-corrected chi connectivity index (χ3v) is 5.85. The summed E-state index contributed by atoms with van der Waals surface area (Å²) >= 11 is 0. The number of hydrogen-bond donors (Lipinski definition) is 2. The molecule has 1 aliphatic rings. The van der Waals surface area contributed by atoms with Gasteiger partial charge >= 0.3 is 17.9 Å². The molecular formula is C24H37NO9. The number of rotatable bonds is 10. The molecule has 0 bridgehead atoms. The Morgan fingerprint density at radius 1 is 1.15 bits per heavy atom. The second-order valence-corrected chi connectivity index (χ2v) is 8.94. The van der Waals surface area contributed by atoms with Gasteiger partial charge in [0, 0.05) is 24.2 Å². The van der Waals surface area contributed by atoms with E-state index in [1.165, 1.54) is 17.2 Å². The van der Waals surface area contributed by atoms with Crippen LogP contribution in [0.1, 0.15) is 58.9 Å². The summed E-state index contributed by atoms with van der Waals surface area (Å²) in [5.41, 5.74) is 0.538. The molecule has 2 atom stereocenters. The zero-order valence-corrected chi connectivity index (χ0v) is 20.3. The third-order valence-electron chi connectivity index (χ3n) is 5.85. The fraction of sp³-hybridized carbons (Fsp3) is 0.625. The van der Waals surface area contributed by atoms with E-state index in [1.807, 2.05) is 13.8 Å². The van der Waals surface area contributed by atoms with Crippen molar-refractivity contribution >= 4 is 17.9 Å². The minimum Gasteiger partial charge on any atom is -0.493 e. The van der Waals surface area contributed by atoms with Gasteiger partial charge in [0.05, 0.1) is 13.0 Å². The summed E-state index contributed by atoms with van der Waals surface area (Å²) in [6.07, 6.45) is 3.54. The Morgan fingerprint density at radius 2 is 1.79 bits per heavy atom. The first-order valence-corrected chi connectivity index (χ1v) is 11.4. The molecule has 0 radical (unpaired) electrons. The molecule has 1 aromatic carbocycles. The lowest BCUT2D eigenvalue weighted by molar-refractivity contribution is -0.158. The average Bonchev–Trinajstić information content (AvgIpc) is 2.75. The predicted octanol–water partition coefficient (Wildman–Crippen LogP) is 2.63. The highest BCUT2D eigenvalue weighted by Gasteiger charge is 2.31. The first-order chi connectivity index (χ1) is 15.6. The number of carboxylic acid groups (broad SMARTS) is 1. The standard InChI is InChI=1S/C24H35NO8.H2O/c1-15(2)25(30)11-6-12-31-20-14-19(32-24(29)23(27)28)10-9-18(20)13-21(26)33-22-16(3)7-5-8-17(22)4;/h9-10,14-17,22,30H,5-8,11-13H2,1-4H3,(H,27,28);1H2. The van der Waals surface area contributed by atoms with Crippen LogP contribution >= 0.6 is 0 Å². The Hall–Kier alpha value is -2.69. The number of hydrogen-bond acceptors (Lipinski definition) is 8. The van der Waals surface area contributed by atoms with Crippen LogP contribution in [-0.4, -0.2) is 64.1 Å². The number of ether oxygens (including phenoxy) is 3. The minimum atomic E-state index is -1.71. The van der Waals surface area contributed by atoms with E-state index in [2.05, 4.69) is 13.8 Å². The zero-order chi connectivity index (χ0) is 24.5. The van der Waals surface area contributed by atoms with Crippen LogP contribution in [0.3, 0.4) is 0 Å². The highest BCUT2D eigenvalue weighted by atomic mass is 16.6. The van der Waals surface area contributed by atoms with Crippen molar-refractivity contribution in [1.29, 1.82) is 0 Å². The Morgan fingerprint density at radius 3 is 2.38 bits per heavy atom. The van der Waals surface area contributed by atoms with Crippen molar-refractivity contribution < 1.29 is 44.4 Å². The average molecular weight is 484 g/mol. The van der Waals surface area contributed by atoms with Crippen molar-refractivity contribution in [3.63, 3.8) is 0 Å². The van der Waals surface area contributed by atoms with E-state index in [9.17, 15) is 19.6 Å². The fourth-order valence-corrected chi connectivity index (χ4v) is 3.93. The van der Waals surface area contributed by atoms with Gasteiger partial charge in [-0.1, -0.05) is 26.3 Å². The maximum absolute atomic E-state index is 12.7. The fourth-order valence-electron chi connectivity index (χ4n) is 3.93. The normalized spacial score (nSPS) is 19.9. The number of carbonyl (C=O) groups is 3. The molecular weight excluding hydrogens is 446 g/mol. The molecule has 10 nitrogen and oxygen atoms in total. The van der Waals surface area contributed by atoms with Gasteiger partial charge in [0.15, 0.2) is 0 Å². The van der Waals surface area contributed by atoms with E-state index in [-0.39, 0.29) is 42.4 Å². The van der Waals surface area contributed by atoms with Gasteiger partial charge < -0.3 is 30.0 Å². The van der Waals surface area contributed by atoms with Crippen molar-refractivity contribution in [2.45, 2.75) is 71.9 Å². The molecule has 4 N–H and O–H groups in total. The maximum atomic E-state index is 12.7. The number of aliphatic carboxylic acids is 1. The van der Waals surface area contributed by atoms with Crippen LogP contribution in [0.5, 0.6) is 11.5 Å². The largest absolute Gasteiger partial charge is 0.493 e. The molecule has 192 valence electrons. The molecule has 1 aliphatic carbocycles. The van der Waals surface area contributed by atoms with Gasteiger partial charge in [0.2, 0.25) is 0 Å². The van der Waals surface area contributed by atoms with E-state index < -0.39 is 11.9 Å². The van der Waals surface area contributed by atoms with Crippen LogP contribution in [0.2, 0.25) is 0 Å². The van der Waals surface area contributed by atoms with Gasteiger partial charge in [-0.3, -0.25) is 4.79 Å². The lowest BCUT2D eigenvalue weighted by Gasteiger charge is -2.34. The number of benzene rings is 1. The molecule has 1 saturated carbocycles. The van der Waals surface area contributed by atoms with Crippen LogP contribution in [0.15, 0.2) is 18.2 Å². The number of carboxylic acids is 1. The summed E-state index contributed by atoms with van der Waals surface area (Å²) < 4.78 is 16.4. The monoisotopic (exact) mass is 483 g/mol. The van der Waals surface area contributed by atoms with Gasteiger partial charge in [-0.05, 0) is 51.0 Å². The van der Waals surface area contributed by atoms with E-state index in [0.717, 1.165) is 19.3 Å². The van der Waals surface area contributed by atoms with E-state index >= 15 is 0 Å². The minimum absolute atomic E-state index is 0. The van der Waals surface area contributed by atoms with Crippen molar-refractivity contribution in [2.75, 3.05) is 13.2 Å². The van der Waals surface area contributed by atoms with Crippen LogP contribution < -0.4 is 9.47 Å². The third kappa shape index (κ3) is 8.92. The molecule has 0 aromatic heterocycles. The van der Waals surface area contributed by atoms with Crippen LogP contribution in [-0.2, 0) is 25.5 Å². The lowest BCUT2D eigenvalue weighted by atomic mass is 9.80. The van der Waals surface area contributed by atoms with E-state index in [1.54, 1.807) is 6.07 Å². The Bertz CT molecular complexity index is 817. The molecule has 0 heterocycles. The first kappa shape index (κ1) is 29.3. The quantitative estimate of drug-likeness (QED) is 0.168. The van der Waals surface area contributed by atoms with Gasteiger partial charge in [0.1, 0.15) is 17.6 Å². The van der Waals surface area contributed by atoms with Crippen LogP contribution in [0, 0.1) is 11.8 Å². The molecule has 1 fully saturated rings. The smallest absolute Gasteiger partial charge is 0.422 e. The number of hydroxylamine groups is 2. The maximum Gasteiger partial charge on any atom is 0.422 e. The molecule has 10 heteroatoms. The summed E-state index contributed by atoms with van der Waals surface area (Å²) in [7, 11) is 0. The lowest BCUT2D eigenvalue weighted by Crippen LogP contribution is -2.35. The molecule has 0 aliphatic heterocycles. The van der Waals surface area contributed by atoms with Crippen LogP contribution in [0.4, 0.5) is 0 Å². The topological polar surface area (TPSA) is 154 Å². The SMILES string of the molecule is CC1CCCC(C)C1OC(=O)Cc1ccc(OC(=O)C(=O)O)cc1OCCCN(O)C(C)C.O. The summed E-state index contributed by atoms with van der Waals surface area (Å²) in [4.78, 5) is 34.9. The summed E-state index contributed by atoms with van der Waals surface area (Å²) in [6, 6.07) is 4.32. The number of esters is 2. The van der Waals surface area contributed by atoms with Crippen molar-refractivity contribution in [1.82, 2.24) is 5.06 Å². The Labute approximate surface area is 200 Å². The molecule has 2 unspecified atom stereocenters. The van der Waals surface area contributed by atoms with Gasteiger partial charge in [0.25, 0.3) is 0 Å². The highest BCUT2D eigenvalue weighted by Crippen LogP contribution is 2.32. The highest BCUT2D eigenvalue weighted by molar-refractivity contribution is 6.29. The molecule has 1 aromatic rings. The van der Waals surface area contributed by atoms with Gasteiger partial charge in [-0.15, -0.1) is 0 Å². The molecule has 0 spiro atoms. The van der Waals surface area contributed by atoms with Crippen molar-refractivity contribution in [2.24, 2.45) is 11.8 Å². The number of nitrogens with zero attached hydrogens (tertiary/aromatic N) is 1. The predicted molar refractivity (Wildman–Crippen MR) is 123 cm³/mol. The Balaban J connectivity index is 0.00000578. The summed E-state index contributed by atoms with van der Waals surface area (Å²) in [5, 5.41) is 19.7. The molecule has 0 amide bonds.